The lowest BCUT2D eigenvalue weighted by Crippen LogP contribution is -2.08. The van der Waals surface area contributed by atoms with Gasteiger partial charge in [0.15, 0.2) is 0 Å². The Balaban J connectivity index is 2.09. The van der Waals surface area contributed by atoms with Crippen molar-refractivity contribution in [2.45, 2.75) is 26.5 Å². The number of anilines is 1. The third kappa shape index (κ3) is 4.43. The number of nitrogens with one attached hydrogen (secondary N) is 1. The molecule has 0 fully saturated rings. The average Bonchev–Trinajstić information content (AvgIpc) is 2.43. The van der Waals surface area contributed by atoms with Crippen molar-refractivity contribution in [2.24, 2.45) is 0 Å². The summed E-state index contributed by atoms with van der Waals surface area (Å²) in [6.07, 6.45) is 0. The third-order valence-corrected chi connectivity index (χ3v) is 3.67. The number of ether oxygens (including phenoxy) is 1. The molecule has 0 aliphatic heterocycles. The quantitative estimate of drug-likeness (QED) is 0.760. The lowest BCUT2D eigenvalue weighted by molar-refractivity contribution is -0.0498. The highest BCUT2D eigenvalue weighted by atomic mass is 79.9. The summed E-state index contributed by atoms with van der Waals surface area (Å²) in [6.45, 7) is 1.25. The summed E-state index contributed by atoms with van der Waals surface area (Å²) in [4.78, 5) is 0. The molecule has 1 atom stereocenters. The number of rotatable bonds is 5. The second-order valence-corrected chi connectivity index (χ2v) is 5.69. The van der Waals surface area contributed by atoms with Crippen molar-refractivity contribution < 1.29 is 13.5 Å². The number of hydrogen-bond acceptors (Lipinski definition) is 2. The van der Waals surface area contributed by atoms with Crippen LogP contribution in [0.3, 0.4) is 0 Å². The van der Waals surface area contributed by atoms with Crippen LogP contribution in [0.2, 0.25) is 0 Å². The van der Waals surface area contributed by atoms with Crippen molar-refractivity contribution in [1.82, 2.24) is 0 Å². The van der Waals surface area contributed by atoms with Gasteiger partial charge in [-0.15, -0.1) is 0 Å². The van der Waals surface area contributed by atoms with Gasteiger partial charge in [-0.3, -0.25) is 0 Å². The standard InChI is InChI=1S/C16H16BrF2NO/c1-10-3-6-13(17)9-15(10)20-11(2)12-4-7-14(8-5-12)21-16(18)19/h3-9,11,16,20H,1-2H3. The Bertz CT molecular complexity index is 602. The minimum Gasteiger partial charge on any atom is -0.435 e. The number of benzene rings is 2. The van der Waals surface area contributed by atoms with Gasteiger partial charge in [-0.1, -0.05) is 34.1 Å². The van der Waals surface area contributed by atoms with Crippen LogP contribution >= 0.6 is 15.9 Å². The van der Waals surface area contributed by atoms with Gasteiger partial charge >= 0.3 is 6.61 Å². The predicted molar refractivity (Wildman–Crippen MR) is 84.0 cm³/mol. The lowest BCUT2D eigenvalue weighted by atomic mass is 10.1. The topological polar surface area (TPSA) is 21.3 Å². The van der Waals surface area contributed by atoms with Gasteiger partial charge in [-0.25, -0.2) is 0 Å². The first-order valence-electron chi connectivity index (χ1n) is 6.53. The fourth-order valence-corrected chi connectivity index (χ4v) is 2.37. The van der Waals surface area contributed by atoms with Crippen molar-refractivity contribution >= 4 is 21.6 Å². The van der Waals surface area contributed by atoms with E-state index in [1.165, 1.54) is 0 Å². The van der Waals surface area contributed by atoms with E-state index in [0.717, 1.165) is 21.3 Å². The minimum absolute atomic E-state index is 0.0543. The first-order valence-corrected chi connectivity index (χ1v) is 7.32. The Hall–Kier alpha value is -1.62. The van der Waals surface area contributed by atoms with E-state index < -0.39 is 6.61 Å². The Labute approximate surface area is 131 Å². The summed E-state index contributed by atoms with van der Waals surface area (Å²) in [5.74, 6) is 0.166. The van der Waals surface area contributed by atoms with Gasteiger partial charge in [0, 0.05) is 16.2 Å². The van der Waals surface area contributed by atoms with Crippen LogP contribution < -0.4 is 10.1 Å². The van der Waals surface area contributed by atoms with E-state index in [2.05, 4.69) is 26.0 Å². The number of halogens is 3. The van der Waals surface area contributed by atoms with E-state index in [-0.39, 0.29) is 11.8 Å². The second kappa shape index (κ2) is 6.89. The molecule has 5 heteroatoms. The lowest BCUT2D eigenvalue weighted by Gasteiger charge is -2.18. The Morgan fingerprint density at radius 1 is 1.10 bits per heavy atom. The molecule has 0 spiro atoms. The minimum atomic E-state index is -2.80. The number of alkyl halides is 2. The molecule has 0 aliphatic carbocycles. The summed E-state index contributed by atoms with van der Waals surface area (Å²) in [5, 5.41) is 3.41. The molecule has 0 amide bonds. The van der Waals surface area contributed by atoms with Crippen LogP contribution in [-0.2, 0) is 0 Å². The van der Waals surface area contributed by atoms with Crippen molar-refractivity contribution in [1.29, 1.82) is 0 Å². The van der Waals surface area contributed by atoms with Crippen molar-refractivity contribution in [2.75, 3.05) is 5.32 Å². The van der Waals surface area contributed by atoms with Crippen molar-refractivity contribution in [3.63, 3.8) is 0 Å². The molecule has 2 aromatic rings. The highest BCUT2D eigenvalue weighted by Crippen LogP contribution is 2.26. The first-order chi connectivity index (χ1) is 9.95. The van der Waals surface area contributed by atoms with Crippen LogP contribution in [-0.4, -0.2) is 6.61 Å². The van der Waals surface area contributed by atoms with Gasteiger partial charge < -0.3 is 10.1 Å². The van der Waals surface area contributed by atoms with Gasteiger partial charge in [-0.05, 0) is 49.2 Å². The fourth-order valence-electron chi connectivity index (χ4n) is 2.00. The van der Waals surface area contributed by atoms with E-state index in [0.29, 0.717) is 0 Å². The molecule has 2 nitrogen and oxygen atoms in total. The van der Waals surface area contributed by atoms with Crippen LogP contribution in [0.4, 0.5) is 14.5 Å². The monoisotopic (exact) mass is 355 g/mol. The molecule has 1 N–H and O–H groups in total. The second-order valence-electron chi connectivity index (χ2n) is 4.77. The smallest absolute Gasteiger partial charge is 0.387 e. The van der Waals surface area contributed by atoms with Gasteiger partial charge in [0.2, 0.25) is 0 Å². The average molecular weight is 356 g/mol. The molecule has 0 aliphatic rings. The molecule has 0 radical (unpaired) electrons. The maximum atomic E-state index is 12.1. The summed E-state index contributed by atoms with van der Waals surface area (Å²) in [6, 6.07) is 12.7. The number of aryl methyl sites for hydroxylation is 1. The van der Waals surface area contributed by atoms with Gasteiger partial charge in [-0.2, -0.15) is 8.78 Å². The summed E-state index contributed by atoms with van der Waals surface area (Å²) in [7, 11) is 0. The Morgan fingerprint density at radius 2 is 1.76 bits per heavy atom. The van der Waals surface area contributed by atoms with E-state index in [1.54, 1.807) is 24.3 Å². The van der Waals surface area contributed by atoms with Crippen molar-refractivity contribution in [3.05, 3.63) is 58.1 Å². The third-order valence-electron chi connectivity index (χ3n) is 3.18. The predicted octanol–water partition coefficient (Wildman–Crippen LogP) is 5.53. The zero-order valence-electron chi connectivity index (χ0n) is 11.7. The molecule has 0 aromatic heterocycles. The zero-order valence-corrected chi connectivity index (χ0v) is 13.3. The van der Waals surface area contributed by atoms with E-state index in [1.807, 2.05) is 32.0 Å². The van der Waals surface area contributed by atoms with E-state index >= 15 is 0 Å². The summed E-state index contributed by atoms with van der Waals surface area (Å²) < 4.78 is 29.6. The number of hydrogen-bond donors (Lipinski definition) is 1. The molecule has 112 valence electrons. The zero-order chi connectivity index (χ0) is 15.4. The first kappa shape index (κ1) is 15.8. The SMILES string of the molecule is Cc1ccc(Br)cc1NC(C)c1ccc(OC(F)F)cc1. The maximum absolute atomic E-state index is 12.1. The molecule has 1 unspecified atom stereocenters. The van der Waals surface area contributed by atoms with E-state index in [9.17, 15) is 8.78 Å². The van der Waals surface area contributed by atoms with Crippen LogP contribution in [0.15, 0.2) is 46.9 Å². The molecule has 2 aromatic carbocycles. The normalized spacial score (nSPS) is 12.3. The van der Waals surface area contributed by atoms with E-state index in [4.69, 9.17) is 0 Å². The highest BCUT2D eigenvalue weighted by Gasteiger charge is 2.09. The Morgan fingerprint density at radius 3 is 2.38 bits per heavy atom. The molecule has 21 heavy (non-hydrogen) atoms. The molecule has 0 heterocycles. The molecular formula is C16H16BrF2NO. The van der Waals surface area contributed by atoms with Crippen LogP contribution in [0, 0.1) is 6.92 Å². The largest absolute Gasteiger partial charge is 0.435 e. The molecule has 2 rings (SSSR count). The fraction of sp³-hybridized carbons (Fsp3) is 0.250. The van der Waals surface area contributed by atoms with Gasteiger partial charge in [0.25, 0.3) is 0 Å². The molecular weight excluding hydrogens is 340 g/mol. The highest BCUT2D eigenvalue weighted by molar-refractivity contribution is 9.10. The van der Waals surface area contributed by atoms with Gasteiger partial charge in [0.05, 0.1) is 0 Å². The Kier molecular flexibility index (Phi) is 5.17. The van der Waals surface area contributed by atoms with Crippen LogP contribution in [0.25, 0.3) is 0 Å². The molecule has 0 bridgehead atoms. The molecule has 0 saturated heterocycles. The van der Waals surface area contributed by atoms with Gasteiger partial charge in [0.1, 0.15) is 5.75 Å². The maximum Gasteiger partial charge on any atom is 0.387 e. The molecule has 0 saturated carbocycles. The summed E-state index contributed by atoms with van der Waals surface area (Å²) >= 11 is 3.45. The van der Waals surface area contributed by atoms with Crippen molar-refractivity contribution in [3.8, 4) is 5.75 Å². The summed E-state index contributed by atoms with van der Waals surface area (Å²) in [5.41, 5.74) is 3.17. The van der Waals surface area contributed by atoms with Crippen LogP contribution in [0.1, 0.15) is 24.1 Å². The van der Waals surface area contributed by atoms with Crippen LogP contribution in [0.5, 0.6) is 5.75 Å².